The molecule has 0 aromatic heterocycles. The van der Waals surface area contributed by atoms with Crippen LogP contribution in [-0.2, 0) is 9.59 Å². The summed E-state index contributed by atoms with van der Waals surface area (Å²) in [5, 5.41) is 3.20. The maximum Gasteiger partial charge on any atom is 0.265 e. The van der Waals surface area contributed by atoms with E-state index in [4.69, 9.17) is 4.74 Å². The van der Waals surface area contributed by atoms with E-state index in [1.54, 1.807) is 30.0 Å². The van der Waals surface area contributed by atoms with E-state index in [0.717, 1.165) is 13.1 Å². The first kappa shape index (κ1) is 16.4. The second-order valence-corrected chi connectivity index (χ2v) is 6.04. The summed E-state index contributed by atoms with van der Waals surface area (Å²) >= 11 is 0. The molecule has 2 aliphatic rings. The molecule has 7 nitrogen and oxygen atoms in total. The van der Waals surface area contributed by atoms with E-state index in [1.807, 2.05) is 0 Å². The largest absolute Gasteiger partial charge is 0.482 e. The van der Waals surface area contributed by atoms with Gasteiger partial charge in [0.1, 0.15) is 11.8 Å². The molecule has 2 amide bonds. The molecular weight excluding hydrogens is 310 g/mol. The Bertz CT molecular complexity index is 682. The lowest BCUT2D eigenvalue weighted by Gasteiger charge is -2.37. The molecule has 0 unspecified atom stereocenters. The fourth-order valence-corrected chi connectivity index (χ4v) is 3.07. The van der Waals surface area contributed by atoms with E-state index in [1.165, 1.54) is 11.8 Å². The lowest BCUT2D eigenvalue weighted by molar-refractivity contribution is -0.135. The standard InChI is InChI=1S/C17H21N3O4/c1-11(17(23)19-7-5-18-6-8-19)20-14-9-13(12(2)21)3-4-15(14)24-10-16(20)22/h3-4,9,11,18H,5-8,10H2,1-2H3/t11-/m1/s1. The second-order valence-electron chi connectivity index (χ2n) is 6.04. The molecule has 128 valence electrons. The monoisotopic (exact) mass is 331 g/mol. The zero-order valence-electron chi connectivity index (χ0n) is 13.9. The van der Waals surface area contributed by atoms with Crippen LogP contribution in [0.3, 0.4) is 0 Å². The number of hydrogen-bond acceptors (Lipinski definition) is 5. The molecule has 3 rings (SSSR count). The fraction of sp³-hybridized carbons (Fsp3) is 0.471. The second kappa shape index (κ2) is 6.60. The van der Waals surface area contributed by atoms with Crippen molar-refractivity contribution in [1.29, 1.82) is 0 Å². The Balaban J connectivity index is 1.92. The van der Waals surface area contributed by atoms with E-state index in [-0.39, 0.29) is 24.2 Å². The van der Waals surface area contributed by atoms with Crippen molar-refractivity contribution < 1.29 is 19.1 Å². The Labute approximate surface area is 140 Å². The van der Waals surface area contributed by atoms with Crippen LogP contribution in [0.25, 0.3) is 0 Å². The number of anilines is 1. The molecule has 0 spiro atoms. The van der Waals surface area contributed by atoms with Crippen LogP contribution in [0, 0.1) is 0 Å². The molecule has 0 saturated carbocycles. The highest BCUT2D eigenvalue weighted by atomic mass is 16.5. The molecule has 0 radical (unpaired) electrons. The average Bonchev–Trinajstić information content (AvgIpc) is 2.60. The molecule has 1 aromatic rings. The molecule has 1 aromatic carbocycles. The van der Waals surface area contributed by atoms with Crippen LogP contribution in [0.5, 0.6) is 5.75 Å². The van der Waals surface area contributed by atoms with Gasteiger partial charge < -0.3 is 15.0 Å². The summed E-state index contributed by atoms with van der Waals surface area (Å²) in [6, 6.07) is 4.32. The third-order valence-electron chi connectivity index (χ3n) is 4.42. The number of ether oxygens (including phenoxy) is 1. The first-order valence-corrected chi connectivity index (χ1v) is 8.08. The molecular formula is C17H21N3O4. The average molecular weight is 331 g/mol. The number of amides is 2. The van der Waals surface area contributed by atoms with Crippen molar-refractivity contribution in [3.63, 3.8) is 0 Å². The molecule has 1 N–H and O–H groups in total. The number of benzene rings is 1. The summed E-state index contributed by atoms with van der Waals surface area (Å²) in [6.07, 6.45) is 0. The van der Waals surface area contributed by atoms with E-state index in [2.05, 4.69) is 5.32 Å². The number of nitrogens with one attached hydrogen (secondary N) is 1. The number of ketones is 1. The minimum atomic E-state index is -0.638. The quantitative estimate of drug-likeness (QED) is 0.813. The van der Waals surface area contributed by atoms with Crippen LogP contribution in [0.4, 0.5) is 5.69 Å². The number of piperazine rings is 1. The minimum Gasteiger partial charge on any atom is -0.482 e. The topological polar surface area (TPSA) is 79.0 Å². The number of hydrogen-bond donors (Lipinski definition) is 1. The van der Waals surface area contributed by atoms with Gasteiger partial charge in [-0.3, -0.25) is 19.3 Å². The van der Waals surface area contributed by atoms with Gasteiger partial charge in [-0.15, -0.1) is 0 Å². The van der Waals surface area contributed by atoms with Gasteiger partial charge >= 0.3 is 0 Å². The van der Waals surface area contributed by atoms with Crippen molar-refractivity contribution in [2.24, 2.45) is 0 Å². The summed E-state index contributed by atoms with van der Waals surface area (Å²) < 4.78 is 5.44. The lowest BCUT2D eigenvalue weighted by atomic mass is 10.1. The maximum absolute atomic E-state index is 12.8. The molecule has 1 saturated heterocycles. The predicted molar refractivity (Wildman–Crippen MR) is 88.3 cm³/mol. The van der Waals surface area contributed by atoms with Crippen LogP contribution in [0.2, 0.25) is 0 Å². The van der Waals surface area contributed by atoms with Gasteiger partial charge in [-0.1, -0.05) is 0 Å². The Kier molecular flexibility index (Phi) is 4.53. The van der Waals surface area contributed by atoms with E-state index in [9.17, 15) is 14.4 Å². The van der Waals surface area contributed by atoms with E-state index < -0.39 is 6.04 Å². The fourth-order valence-electron chi connectivity index (χ4n) is 3.07. The van der Waals surface area contributed by atoms with E-state index >= 15 is 0 Å². The zero-order chi connectivity index (χ0) is 17.3. The van der Waals surface area contributed by atoms with Gasteiger partial charge in [-0.05, 0) is 32.0 Å². The van der Waals surface area contributed by atoms with Gasteiger partial charge in [0.05, 0.1) is 5.69 Å². The number of fused-ring (bicyclic) bond motifs is 1. The summed E-state index contributed by atoms with van der Waals surface area (Å²) in [6.45, 7) is 5.83. The third kappa shape index (κ3) is 2.99. The van der Waals surface area contributed by atoms with Gasteiger partial charge in [0, 0.05) is 31.7 Å². The summed E-state index contributed by atoms with van der Waals surface area (Å²) in [4.78, 5) is 40.0. The number of nitrogens with zero attached hydrogens (tertiary/aromatic N) is 2. The van der Waals surface area contributed by atoms with Crippen LogP contribution in [-0.4, -0.2) is 61.3 Å². The Morgan fingerprint density at radius 1 is 1.25 bits per heavy atom. The molecule has 24 heavy (non-hydrogen) atoms. The van der Waals surface area contributed by atoms with Crippen molar-refractivity contribution in [1.82, 2.24) is 10.2 Å². The van der Waals surface area contributed by atoms with Gasteiger partial charge in [0.2, 0.25) is 5.91 Å². The molecule has 0 aliphatic carbocycles. The van der Waals surface area contributed by atoms with Crippen LogP contribution < -0.4 is 15.0 Å². The van der Waals surface area contributed by atoms with Crippen molar-refractivity contribution in [3.8, 4) is 5.75 Å². The number of rotatable bonds is 3. The smallest absolute Gasteiger partial charge is 0.265 e. The molecule has 1 fully saturated rings. The summed E-state index contributed by atoms with van der Waals surface area (Å²) in [5.41, 5.74) is 0.966. The lowest BCUT2D eigenvalue weighted by Crippen LogP contribution is -2.56. The number of Topliss-reactive ketones (excluding diaryl/α,β-unsaturated/α-hetero) is 1. The van der Waals surface area contributed by atoms with Crippen LogP contribution in [0.15, 0.2) is 18.2 Å². The molecule has 0 bridgehead atoms. The minimum absolute atomic E-state index is 0.0917. The van der Waals surface area contributed by atoms with Crippen molar-refractivity contribution in [3.05, 3.63) is 23.8 Å². The molecule has 2 aliphatic heterocycles. The normalized spacial score (nSPS) is 18.7. The van der Waals surface area contributed by atoms with Gasteiger partial charge in [-0.25, -0.2) is 0 Å². The van der Waals surface area contributed by atoms with Crippen molar-refractivity contribution in [2.45, 2.75) is 19.9 Å². The van der Waals surface area contributed by atoms with Gasteiger partial charge in [0.25, 0.3) is 5.91 Å². The van der Waals surface area contributed by atoms with Crippen molar-refractivity contribution >= 4 is 23.3 Å². The molecule has 2 heterocycles. The first-order valence-electron chi connectivity index (χ1n) is 8.08. The highest BCUT2D eigenvalue weighted by Gasteiger charge is 2.35. The van der Waals surface area contributed by atoms with Crippen LogP contribution in [0.1, 0.15) is 24.2 Å². The molecule has 7 heteroatoms. The summed E-state index contributed by atoms with van der Waals surface area (Å²) in [5.74, 6) is 0.0431. The maximum atomic E-state index is 12.8. The Morgan fingerprint density at radius 3 is 2.62 bits per heavy atom. The first-order chi connectivity index (χ1) is 11.5. The highest BCUT2D eigenvalue weighted by molar-refractivity contribution is 6.05. The summed E-state index contributed by atoms with van der Waals surface area (Å²) in [7, 11) is 0. The van der Waals surface area contributed by atoms with Gasteiger partial charge in [-0.2, -0.15) is 0 Å². The predicted octanol–water partition coefficient (Wildman–Crippen LogP) is 0.435. The Hall–Kier alpha value is -2.41. The highest BCUT2D eigenvalue weighted by Crippen LogP contribution is 2.34. The van der Waals surface area contributed by atoms with Crippen molar-refractivity contribution in [2.75, 3.05) is 37.7 Å². The SMILES string of the molecule is CC(=O)c1ccc2c(c1)N([C@H](C)C(=O)N1CCNCC1)C(=O)CO2. The van der Waals surface area contributed by atoms with Gasteiger partial charge in [0.15, 0.2) is 12.4 Å². The Morgan fingerprint density at radius 2 is 1.96 bits per heavy atom. The molecule has 1 atom stereocenters. The van der Waals surface area contributed by atoms with Crippen LogP contribution >= 0.6 is 0 Å². The van der Waals surface area contributed by atoms with E-state index in [0.29, 0.717) is 30.1 Å². The number of carbonyl (C=O) groups is 3. The third-order valence-corrected chi connectivity index (χ3v) is 4.42. The number of carbonyl (C=O) groups excluding carboxylic acids is 3. The zero-order valence-corrected chi connectivity index (χ0v) is 13.9.